The number of nitrogens with zero attached hydrogens (tertiary/aromatic N) is 3. The highest BCUT2D eigenvalue weighted by atomic mass is 16.5. The summed E-state index contributed by atoms with van der Waals surface area (Å²) >= 11 is 0. The Morgan fingerprint density at radius 3 is 2.75 bits per heavy atom. The predicted octanol–water partition coefficient (Wildman–Crippen LogP) is 0.356. The van der Waals surface area contributed by atoms with Crippen molar-refractivity contribution in [3.05, 3.63) is 18.5 Å². The number of hydrogen-bond donors (Lipinski definition) is 1. The summed E-state index contributed by atoms with van der Waals surface area (Å²) in [6.45, 7) is 8.79. The van der Waals surface area contributed by atoms with Crippen LogP contribution in [0.25, 0.3) is 0 Å². The van der Waals surface area contributed by atoms with Crippen molar-refractivity contribution in [3.63, 3.8) is 0 Å². The van der Waals surface area contributed by atoms with Crippen LogP contribution in [0.2, 0.25) is 0 Å². The fourth-order valence-electron chi connectivity index (χ4n) is 2.51. The minimum Gasteiger partial charge on any atom is -0.379 e. The first-order chi connectivity index (χ1) is 9.66. The van der Waals surface area contributed by atoms with Gasteiger partial charge in [0.2, 0.25) is 5.91 Å². The number of nitrogens with one attached hydrogen (secondary N) is 1. The number of aromatic nitrogens is 2. The highest BCUT2D eigenvalue weighted by molar-refractivity contribution is 5.75. The van der Waals surface area contributed by atoms with Gasteiger partial charge in [-0.05, 0) is 12.0 Å². The predicted molar refractivity (Wildman–Crippen MR) is 76.3 cm³/mol. The molecule has 20 heavy (non-hydrogen) atoms. The molecule has 1 fully saturated rings. The summed E-state index contributed by atoms with van der Waals surface area (Å²) in [6, 6.07) is 2.18. The van der Waals surface area contributed by atoms with Gasteiger partial charge in [0.25, 0.3) is 0 Å². The first-order valence-electron chi connectivity index (χ1n) is 7.22. The van der Waals surface area contributed by atoms with Crippen molar-refractivity contribution in [1.29, 1.82) is 0 Å². The van der Waals surface area contributed by atoms with Crippen LogP contribution in [-0.2, 0) is 16.1 Å². The van der Waals surface area contributed by atoms with Gasteiger partial charge >= 0.3 is 0 Å². The standard InChI is InChI=1S/C14H24N4O2/c1-12(2)13(17-6-8-20-9-7-17)10-15-14(19)11-18-5-3-4-16-18/h3-5,12-13H,6-11H2,1-2H3,(H,15,19). The van der Waals surface area contributed by atoms with Crippen molar-refractivity contribution in [1.82, 2.24) is 20.0 Å². The zero-order valence-electron chi connectivity index (χ0n) is 12.3. The van der Waals surface area contributed by atoms with Gasteiger partial charge in [0, 0.05) is 38.1 Å². The quantitative estimate of drug-likeness (QED) is 0.817. The first kappa shape index (κ1) is 15.0. The molecule has 0 bridgehead atoms. The van der Waals surface area contributed by atoms with E-state index in [4.69, 9.17) is 4.74 Å². The second-order valence-corrected chi connectivity index (χ2v) is 5.47. The highest BCUT2D eigenvalue weighted by Gasteiger charge is 2.24. The van der Waals surface area contributed by atoms with Crippen molar-refractivity contribution < 1.29 is 9.53 Å². The van der Waals surface area contributed by atoms with Gasteiger partial charge in [0.15, 0.2) is 0 Å². The van der Waals surface area contributed by atoms with Gasteiger partial charge in [0.1, 0.15) is 6.54 Å². The number of carbonyl (C=O) groups excluding carboxylic acids is 1. The summed E-state index contributed by atoms with van der Waals surface area (Å²) in [5.41, 5.74) is 0. The minimum absolute atomic E-state index is 0.00705. The van der Waals surface area contributed by atoms with Crippen LogP contribution in [0.1, 0.15) is 13.8 Å². The van der Waals surface area contributed by atoms with E-state index in [0.29, 0.717) is 18.5 Å². The van der Waals surface area contributed by atoms with Gasteiger partial charge in [-0.2, -0.15) is 5.10 Å². The summed E-state index contributed by atoms with van der Waals surface area (Å²) < 4.78 is 7.02. The Morgan fingerprint density at radius 2 is 2.15 bits per heavy atom. The second kappa shape index (κ2) is 7.40. The molecule has 1 saturated heterocycles. The van der Waals surface area contributed by atoms with E-state index in [2.05, 4.69) is 29.2 Å². The van der Waals surface area contributed by atoms with Gasteiger partial charge in [0.05, 0.1) is 13.2 Å². The smallest absolute Gasteiger partial charge is 0.241 e. The van der Waals surface area contributed by atoms with Crippen molar-refractivity contribution >= 4 is 5.91 Å². The maximum absolute atomic E-state index is 11.9. The van der Waals surface area contributed by atoms with Crippen LogP contribution >= 0.6 is 0 Å². The molecule has 2 rings (SSSR count). The molecule has 112 valence electrons. The first-order valence-corrected chi connectivity index (χ1v) is 7.22. The number of morpholine rings is 1. The molecule has 0 saturated carbocycles. The van der Waals surface area contributed by atoms with E-state index in [-0.39, 0.29) is 12.5 Å². The minimum atomic E-state index is 0.00705. The van der Waals surface area contributed by atoms with Crippen molar-refractivity contribution in [3.8, 4) is 0 Å². The van der Waals surface area contributed by atoms with Crippen molar-refractivity contribution in [2.75, 3.05) is 32.8 Å². The van der Waals surface area contributed by atoms with Crippen LogP contribution in [0, 0.1) is 5.92 Å². The van der Waals surface area contributed by atoms with E-state index in [1.54, 1.807) is 17.1 Å². The van der Waals surface area contributed by atoms with Gasteiger partial charge < -0.3 is 10.1 Å². The van der Waals surface area contributed by atoms with Gasteiger partial charge in [-0.15, -0.1) is 0 Å². The molecular weight excluding hydrogens is 256 g/mol. The molecule has 1 atom stereocenters. The average Bonchev–Trinajstić information content (AvgIpc) is 2.92. The Labute approximate surface area is 120 Å². The molecule has 1 aliphatic heterocycles. The molecule has 1 amide bonds. The molecule has 6 nitrogen and oxygen atoms in total. The Balaban J connectivity index is 1.80. The van der Waals surface area contributed by atoms with Crippen LogP contribution in [-0.4, -0.2) is 59.5 Å². The maximum Gasteiger partial charge on any atom is 0.241 e. The summed E-state index contributed by atoms with van der Waals surface area (Å²) in [5, 5.41) is 7.05. The molecule has 1 aromatic rings. The zero-order chi connectivity index (χ0) is 14.4. The van der Waals surface area contributed by atoms with E-state index in [1.165, 1.54) is 0 Å². The summed E-state index contributed by atoms with van der Waals surface area (Å²) in [6.07, 6.45) is 3.47. The van der Waals surface area contributed by atoms with E-state index in [1.807, 2.05) is 6.07 Å². The lowest BCUT2D eigenvalue weighted by Crippen LogP contribution is -2.51. The highest BCUT2D eigenvalue weighted by Crippen LogP contribution is 2.12. The van der Waals surface area contributed by atoms with Gasteiger partial charge in [-0.3, -0.25) is 14.4 Å². The lowest BCUT2D eigenvalue weighted by atomic mass is 10.0. The normalized spacial score (nSPS) is 18.1. The number of amides is 1. The third-order valence-electron chi connectivity index (χ3n) is 3.66. The SMILES string of the molecule is CC(C)C(CNC(=O)Cn1cccn1)N1CCOCC1. The summed E-state index contributed by atoms with van der Waals surface area (Å²) in [5.74, 6) is 0.505. The molecule has 0 spiro atoms. The van der Waals surface area contributed by atoms with E-state index in [9.17, 15) is 4.79 Å². The summed E-state index contributed by atoms with van der Waals surface area (Å²) in [4.78, 5) is 14.3. The number of rotatable bonds is 6. The third-order valence-corrected chi connectivity index (χ3v) is 3.66. The summed E-state index contributed by atoms with van der Waals surface area (Å²) in [7, 11) is 0. The monoisotopic (exact) mass is 280 g/mol. The Kier molecular flexibility index (Phi) is 5.55. The second-order valence-electron chi connectivity index (χ2n) is 5.47. The molecule has 1 aliphatic rings. The molecule has 6 heteroatoms. The molecule has 0 aromatic carbocycles. The third kappa shape index (κ3) is 4.31. The van der Waals surface area contributed by atoms with Crippen LogP contribution in [0.15, 0.2) is 18.5 Å². The zero-order valence-corrected chi connectivity index (χ0v) is 12.3. The van der Waals surface area contributed by atoms with Crippen LogP contribution in [0.5, 0.6) is 0 Å². The molecule has 1 unspecified atom stereocenters. The maximum atomic E-state index is 11.9. The lowest BCUT2D eigenvalue weighted by Gasteiger charge is -2.36. The van der Waals surface area contributed by atoms with E-state index in [0.717, 1.165) is 26.3 Å². The lowest BCUT2D eigenvalue weighted by molar-refractivity contribution is -0.122. The van der Waals surface area contributed by atoms with Gasteiger partial charge in [-0.25, -0.2) is 0 Å². The van der Waals surface area contributed by atoms with Gasteiger partial charge in [-0.1, -0.05) is 13.8 Å². The molecule has 0 radical (unpaired) electrons. The van der Waals surface area contributed by atoms with Crippen LogP contribution in [0.4, 0.5) is 0 Å². The average molecular weight is 280 g/mol. The molecule has 1 aromatic heterocycles. The fraction of sp³-hybridized carbons (Fsp3) is 0.714. The number of carbonyl (C=O) groups is 1. The largest absolute Gasteiger partial charge is 0.379 e. The molecule has 2 heterocycles. The molecule has 0 aliphatic carbocycles. The van der Waals surface area contributed by atoms with Crippen LogP contribution < -0.4 is 5.32 Å². The topological polar surface area (TPSA) is 59.4 Å². The van der Waals surface area contributed by atoms with Crippen molar-refractivity contribution in [2.45, 2.75) is 26.4 Å². The Hall–Kier alpha value is -1.40. The van der Waals surface area contributed by atoms with E-state index < -0.39 is 0 Å². The number of hydrogen-bond acceptors (Lipinski definition) is 4. The fourth-order valence-corrected chi connectivity index (χ4v) is 2.51. The number of ether oxygens (including phenoxy) is 1. The van der Waals surface area contributed by atoms with Crippen LogP contribution in [0.3, 0.4) is 0 Å². The van der Waals surface area contributed by atoms with Crippen molar-refractivity contribution in [2.24, 2.45) is 5.92 Å². The molecular formula is C14H24N4O2. The Bertz CT molecular complexity index is 399. The van der Waals surface area contributed by atoms with E-state index >= 15 is 0 Å². The molecule has 1 N–H and O–H groups in total. The Morgan fingerprint density at radius 1 is 1.40 bits per heavy atom.